The van der Waals surface area contributed by atoms with Gasteiger partial charge in [0.2, 0.25) is 11.8 Å². The molecule has 144 valence electrons. The second-order valence-corrected chi connectivity index (χ2v) is 6.46. The van der Waals surface area contributed by atoms with E-state index in [0.717, 1.165) is 35.2 Å². The van der Waals surface area contributed by atoms with Crippen LogP contribution in [-0.4, -0.2) is 24.9 Å². The van der Waals surface area contributed by atoms with E-state index in [1.807, 2.05) is 18.2 Å². The molecular formula is C22H27FN2O2. The van der Waals surface area contributed by atoms with Crippen molar-refractivity contribution >= 4 is 17.5 Å². The summed E-state index contributed by atoms with van der Waals surface area (Å²) in [5.74, 6) is -0.513. The van der Waals surface area contributed by atoms with Gasteiger partial charge in [-0.15, -0.1) is 0 Å². The fourth-order valence-electron chi connectivity index (χ4n) is 3.15. The number of nitrogens with one attached hydrogen (secondary N) is 1. The molecule has 0 saturated heterocycles. The molecule has 4 nitrogen and oxygen atoms in total. The van der Waals surface area contributed by atoms with Gasteiger partial charge in [-0.1, -0.05) is 44.2 Å². The summed E-state index contributed by atoms with van der Waals surface area (Å²) in [4.78, 5) is 26.1. The minimum absolute atomic E-state index is 0.0432. The van der Waals surface area contributed by atoms with Gasteiger partial charge in [0.15, 0.2) is 0 Å². The molecule has 5 heteroatoms. The van der Waals surface area contributed by atoms with Gasteiger partial charge in [0, 0.05) is 20.0 Å². The Kier molecular flexibility index (Phi) is 7.53. The van der Waals surface area contributed by atoms with Gasteiger partial charge < -0.3 is 10.2 Å². The third-order valence-corrected chi connectivity index (χ3v) is 4.55. The van der Waals surface area contributed by atoms with Crippen LogP contribution >= 0.6 is 0 Å². The Bertz CT molecular complexity index is 765. The molecule has 2 aromatic rings. The summed E-state index contributed by atoms with van der Waals surface area (Å²) in [5, 5.41) is 2.85. The second kappa shape index (κ2) is 9.86. The number of rotatable bonds is 8. The van der Waals surface area contributed by atoms with E-state index in [2.05, 4.69) is 19.2 Å². The van der Waals surface area contributed by atoms with Crippen LogP contribution in [0.2, 0.25) is 0 Å². The molecule has 0 saturated carbocycles. The van der Waals surface area contributed by atoms with Crippen LogP contribution in [0.4, 0.5) is 10.1 Å². The van der Waals surface area contributed by atoms with Crippen molar-refractivity contribution in [2.45, 2.75) is 40.0 Å². The van der Waals surface area contributed by atoms with Crippen LogP contribution in [0, 0.1) is 5.82 Å². The van der Waals surface area contributed by atoms with Gasteiger partial charge in [0.25, 0.3) is 0 Å². The number of carbonyl (C=O) groups is 2. The van der Waals surface area contributed by atoms with E-state index in [-0.39, 0.29) is 24.1 Å². The van der Waals surface area contributed by atoms with Crippen molar-refractivity contribution in [2.24, 2.45) is 0 Å². The summed E-state index contributed by atoms with van der Waals surface area (Å²) in [6, 6.07) is 12.0. The third-order valence-electron chi connectivity index (χ3n) is 4.55. The number of halogens is 1. The van der Waals surface area contributed by atoms with Gasteiger partial charge >= 0.3 is 0 Å². The molecule has 0 fully saturated rings. The Labute approximate surface area is 160 Å². The Morgan fingerprint density at radius 1 is 1.00 bits per heavy atom. The summed E-state index contributed by atoms with van der Waals surface area (Å²) in [7, 11) is 0. The van der Waals surface area contributed by atoms with E-state index in [9.17, 15) is 14.0 Å². The van der Waals surface area contributed by atoms with E-state index in [1.165, 1.54) is 12.1 Å². The highest BCUT2D eigenvalue weighted by atomic mass is 19.1. The highest BCUT2D eigenvalue weighted by Crippen LogP contribution is 2.27. The Hall–Kier alpha value is -2.69. The molecule has 0 unspecified atom stereocenters. The smallest absolute Gasteiger partial charge is 0.224 e. The zero-order chi connectivity index (χ0) is 19.8. The van der Waals surface area contributed by atoms with Crippen molar-refractivity contribution < 1.29 is 14.0 Å². The molecule has 0 atom stereocenters. The zero-order valence-electron chi connectivity index (χ0n) is 16.2. The fraction of sp³-hybridized carbons (Fsp3) is 0.364. The maximum absolute atomic E-state index is 12.9. The summed E-state index contributed by atoms with van der Waals surface area (Å²) < 4.78 is 12.9. The molecule has 0 heterocycles. The van der Waals surface area contributed by atoms with E-state index in [1.54, 1.807) is 24.0 Å². The lowest BCUT2D eigenvalue weighted by atomic mass is 10.0. The molecule has 27 heavy (non-hydrogen) atoms. The van der Waals surface area contributed by atoms with Crippen LogP contribution in [0.15, 0.2) is 42.5 Å². The molecule has 0 spiro atoms. The van der Waals surface area contributed by atoms with Crippen LogP contribution in [0.3, 0.4) is 0 Å². The number of hydrogen-bond acceptors (Lipinski definition) is 2. The number of benzene rings is 2. The lowest BCUT2D eigenvalue weighted by Gasteiger charge is -2.26. The molecule has 0 aliphatic heterocycles. The van der Waals surface area contributed by atoms with Crippen molar-refractivity contribution in [3.63, 3.8) is 0 Å². The predicted octanol–water partition coefficient (Wildman–Crippen LogP) is 3.66. The molecule has 0 aliphatic carbocycles. The van der Waals surface area contributed by atoms with Crippen LogP contribution in [0.25, 0.3) is 0 Å². The number of hydrogen-bond donors (Lipinski definition) is 1. The first-order valence-corrected chi connectivity index (χ1v) is 9.36. The number of amides is 2. The molecule has 2 aromatic carbocycles. The lowest BCUT2D eigenvalue weighted by molar-refractivity contribution is -0.121. The van der Waals surface area contributed by atoms with Crippen LogP contribution < -0.4 is 10.2 Å². The van der Waals surface area contributed by atoms with Crippen LogP contribution in [0.5, 0.6) is 0 Å². The highest BCUT2D eigenvalue weighted by molar-refractivity contribution is 5.93. The summed E-state index contributed by atoms with van der Waals surface area (Å²) in [6.07, 6.45) is 1.86. The molecule has 0 radical (unpaired) electrons. The van der Waals surface area contributed by atoms with Crippen molar-refractivity contribution in [3.05, 3.63) is 65.0 Å². The van der Waals surface area contributed by atoms with Gasteiger partial charge in [0.1, 0.15) is 5.82 Å². The SMILES string of the molecule is CCc1cccc(CC)c1N(CCNC(=O)Cc1ccc(F)cc1)C(C)=O. The number of nitrogens with zero attached hydrogens (tertiary/aromatic N) is 1. The number of para-hydroxylation sites is 1. The first kappa shape index (κ1) is 20.6. The molecule has 0 aromatic heterocycles. The summed E-state index contributed by atoms with van der Waals surface area (Å²) >= 11 is 0. The first-order chi connectivity index (χ1) is 13.0. The van der Waals surface area contributed by atoms with Gasteiger partial charge in [-0.3, -0.25) is 9.59 Å². The van der Waals surface area contributed by atoms with E-state index < -0.39 is 0 Å². The second-order valence-electron chi connectivity index (χ2n) is 6.46. The maximum atomic E-state index is 12.9. The van der Waals surface area contributed by atoms with E-state index in [4.69, 9.17) is 0 Å². The maximum Gasteiger partial charge on any atom is 0.224 e. The highest BCUT2D eigenvalue weighted by Gasteiger charge is 2.18. The van der Waals surface area contributed by atoms with Crippen LogP contribution in [0.1, 0.15) is 37.5 Å². The first-order valence-electron chi connectivity index (χ1n) is 9.36. The summed E-state index contributed by atoms with van der Waals surface area (Å²) in [6.45, 7) is 6.46. The summed E-state index contributed by atoms with van der Waals surface area (Å²) in [5.41, 5.74) is 3.97. The molecule has 2 amide bonds. The minimum Gasteiger partial charge on any atom is -0.354 e. The molecular weight excluding hydrogens is 343 g/mol. The van der Waals surface area contributed by atoms with Gasteiger partial charge in [0.05, 0.1) is 12.1 Å². The number of carbonyl (C=O) groups excluding carboxylic acids is 2. The van der Waals surface area contributed by atoms with Gasteiger partial charge in [-0.25, -0.2) is 4.39 Å². The monoisotopic (exact) mass is 370 g/mol. The Morgan fingerprint density at radius 2 is 1.59 bits per heavy atom. The average molecular weight is 370 g/mol. The topological polar surface area (TPSA) is 49.4 Å². The fourth-order valence-corrected chi connectivity index (χ4v) is 3.15. The van der Waals surface area contributed by atoms with E-state index in [0.29, 0.717) is 13.1 Å². The van der Waals surface area contributed by atoms with Gasteiger partial charge in [-0.05, 0) is 41.7 Å². The lowest BCUT2D eigenvalue weighted by Crippen LogP contribution is -2.39. The van der Waals surface area contributed by atoms with Crippen LogP contribution in [-0.2, 0) is 28.9 Å². The largest absolute Gasteiger partial charge is 0.354 e. The molecule has 2 rings (SSSR count). The quantitative estimate of drug-likeness (QED) is 0.771. The average Bonchev–Trinajstić information content (AvgIpc) is 2.66. The molecule has 0 bridgehead atoms. The van der Waals surface area contributed by atoms with Crippen molar-refractivity contribution in [3.8, 4) is 0 Å². The number of anilines is 1. The van der Waals surface area contributed by atoms with Crippen molar-refractivity contribution in [2.75, 3.05) is 18.0 Å². The standard InChI is InChI=1S/C22H27FN2O2/c1-4-18-7-6-8-19(5-2)22(18)25(16(3)26)14-13-24-21(27)15-17-9-11-20(23)12-10-17/h6-12H,4-5,13-15H2,1-3H3,(H,24,27). The van der Waals surface area contributed by atoms with Crippen molar-refractivity contribution in [1.29, 1.82) is 0 Å². The normalized spacial score (nSPS) is 10.5. The van der Waals surface area contributed by atoms with Gasteiger partial charge in [-0.2, -0.15) is 0 Å². The Morgan fingerprint density at radius 3 is 2.11 bits per heavy atom. The third kappa shape index (κ3) is 5.64. The molecule has 1 N–H and O–H groups in total. The Balaban J connectivity index is 2.02. The van der Waals surface area contributed by atoms with Crippen molar-refractivity contribution in [1.82, 2.24) is 5.32 Å². The predicted molar refractivity (Wildman–Crippen MR) is 106 cm³/mol. The minimum atomic E-state index is -0.322. The zero-order valence-corrected chi connectivity index (χ0v) is 16.2. The number of aryl methyl sites for hydroxylation is 2. The molecule has 0 aliphatic rings. The van der Waals surface area contributed by atoms with E-state index >= 15 is 0 Å².